The van der Waals surface area contributed by atoms with Crippen LogP contribution < -0.4 is 10.3 Å². The van der Waals surface area contributed by atoms with Crippen molar-refractivity contribution in [3.63, 3.8) is 0 Å². The molecule has 0 saturated carbocycles. The van der Waals surface area contributed by atoms with Gasteiger partial charge in [-0.15, -0.1) is 0 Å². The van der Waals surface area contributed by atoms with Gasteiger partial charge in [-0.05, 0) is 62.8 Å². The Hall–Kier alpha value is -3.93. The Morgan fingerprint density at radius 2 is 1.85 bits per heavy atom. The summed E-state index contributed by atoms with van der Waals surface area (Å²) in [6, 6.07) is 6.77. The molecule has 0 N–H and O–H groups in total. The molecule has 1 atom stereocenters. The summed E-state index contributed by atoms with van der Waals surface area (Å²) in [7, 11) is 1.58. The van der Waals surface area contributed by atoms with Gasteiger partial charge in [0.25, 0.3) is 5.56 Å². The summed E-state index contributed by atoms with van der Waals surface area (Å²) in [5.41, 5.74) is 1.75. The third-order valence-corrected chi connectivity index (χ3v) is 5.24. The lowest BCUT2D eigenvalue weighted by Gasteiger charge is -2.10. The molecule has 208 valence electrons. The number of carbonyl (C=O) groups excluding carboxylic acids is 1. The Morgan fingerprint density at radius 1 is 1.05 bits per heavy atom. The second-order valence-corrected chi connectivity index (χ2v) is 8.18. The highest BCUT2D eigenvalue weighted by Crippen LogP contribution is 2.24. The minimum absolute atomic E-state index is 0.197. The molecule has 0 aromatic carbocycles. The quantitative estimate of drug-likeness (QED) is 0.236. The number of aryl methyl sites for hydroxylation is 1. The maximum absolute atomic E-state index is 11.6. The van der Waals surface area contributed by atoms with Crippen molar-refractivity contribution in [2.75, 3.05) is 33.0 Å². The zero-order chi connectivity index (χ0) is 27.9. The van der Waals surface area contributed by atoms with Gasteiger partial charge in [0.1, 0.15) is 30.0 Å². The van der Waals surface area contributed by atoms with Crippen LogP contribution >= 0.6 is 0 Å². The molecular weight excluding hydrogens is 504 g/mol. The van der Waals surface area contributed by atoms with Gasteiger partial charge in [-0.25, -0.2) is 9.67 Å². The van der Waals surface area contributed by atoms with Crippen LogP contribution in [0.5, 0.6) is 5.75 Å². The van der Waals surface area contributed by atoms with E-state index in [0.29, 0.717) is 55.2 Å². The van der Waals surface area contributed by atoms with Crippen LogP contribution in [0.15, 0.2) is 51.8 Å². The molecule has 11 nitrogen and oxygen atoms in total. The fourth-order valence-electron chi connectivity index (χ4n) is 3.34. The average Bonchev–Trinajstić information content (AvgIpc) is 3.26. The Morgan fingerprint density at radius 3 is 2.59 bits per heavy atom. The summed E-state index contributed by atoms with van der Waals surface area (Å²) in [4.78, 5) is 29.3. The number of hydrogen-bond acceptors (Lipinski definition) is 10. The zero-order valence-corrected chi connectivity index (χ0v) is 22.4. The van der Waals surface area contributed by atoms with E-state index in [0.717, 1.165) is 31.6 Å². The number of aromatic nitrogens is 4. The van der Waals surface area contributed by atoms with Gasteiger partial charge in [0.2, 0.25) is 5.89 Å². The summed E-state index contributed by atoms with van der Waals surface area (Å²) in [6.45, 7) is 6.85. The predicted octanol–water partition coefficient (Wildman–Crippen LogP) is 3.48. The van der Waals surface area contributed by atoms with Crippen molar-refractivity contribution < 1.29 is 28.2 Å². The molecule has 0 aliphatic heterocycles. The van der Waals surface area contributed by atoms with Crippen LogP contribution in [-0.4, -0.2) is 65.2 Å². The maximum Gasteiger partial charge on any atom is 0.266 e. The monoisotopic (exact) mass is 538 g/mol. The van der Waals surface area contributed by atoms with E-state index >= 15 is 0 Å². The first-order valence-electron chi connectivity index (χ1n) is 12.7. The largest absolute Gasteiger partial charge is 0.490 e. The number of hydrogen-bond donors (Lipinski definition) is 0. The summed E-state index contributed by atoms with van der Waals surface area (Å²) in [5.74, 6) is 1.63. The van der Waals surface area contributed by atoms with Crippen LogP contribution in [0.2, 0.25) is 0 Å². The fraction of sp³-hybridized carbons (Fsp3) is 0.393. The number of rotatable bonds is 13. The van der Waals surface area contributed by atoms with Crippen molar-refractivity contribution >= 4 is 18.4 Å². The summed E-state index contributed by atoms with van der Waals surface area (Å²) in [6.07, 6.45) is 10.5. The molecule has 39 heavy (non-hydrogen) atoms. The van der Waals surface area contributed by atoms with Crippen molar-refractivity contribution in [2.45, 2.75) is 33.0 Å². The van der Waals surface area contributed by atoms with Gasteiger partial charge in [0.15, 0.2) is 5.76 Å². The molecule has 1 aliphatic rings. The lowest BCUT2D eigenvalue weighted by atomic mass is 10.3. The topological polar surface area (TPSA) is 128 Å². The number of aldehydes is 1. The van der Waals surface area contributed by atoms with E-state index in [4.69, 9.17) is 28.2 Å². The van der Waals surface area contributed by atoms with E-state index < -0.39 is 0 Å². The third-order valence-electron chi connectivity index (χ3n) is 5.24. The van der Waals surface area contributed by atoms with E-state index in [2.05, 4.69) is 15.1 Å². The van der Waals surface area contributed by atoms with Gasteiger partial charge in [0, 0.05) is 32.9 Å². The highest BCUT2D eigenvalue weighted by molar-refractivity contribution is 5.65. The highest BCUT2D eigenvalue weighted by Gasteiger charge is 2.16. The molecule has 0 amide bonds. The molecule has 4 rings (SSSR count). The normalized spacial score (nSPS) is 13.8. The van der Waals surface area contributed by atoms with E-state index in [9.17, 15) is 4.79 Å². The molecule has 3 heterocycles. The second-order valence-electron chi connectivity index (χ2n) is 8.18. The van der Waals surface area contributed by atoms with Crippen LogP contribution in [0.1, 0.15) is 37.4 Å². The van der Waals surface area contributed by atoms with Crippen molar-refractivity contribution in [1.82, 2.24) is 19.7 Å². The standard InChI is InChI=1S/C26H30N4O6.C2H4O/c1-3-32-13-4-14-33-15-16-34-21-6-5-19(27-17-21)18-35-20-7-9-22-24(11-8-20)36-26(28-22)23-10-12-25(31)30(2)29-23;1-2-3/h5-12,17,20H,3-4,13-16,18H2,1-2H3;2H,1H3. The van der Waals surface area contributed by atoms with Crippen molar-refractivity contribution in [2.24, 2.45) is 7.05 Å². The molecule has 3 aromatic rings. The number of carbonyl (C=O) groups is 1. The van der Waals surface area contributed by atoms with Crippen molar-refractivity contribution in [3.8, 4) is 17.3 Å². The highest BCUT2D eigenvalue weighted by atomic mass is 16.5. The minimum Gasteiger partial charge on any atom is -0.490 e. The Bertz CT molecular complexity index is 1250. The molecular formula is C28H34N4O7. The number of fused-ring (bicyclic) bond motifs is 1. The van der Waals surface area contributed by atoms with E-state index in [1.54, 1.807) is 19.3 Å². The van der Waals surface area contributed by atoms with Crippen LogP contribution in [0.3, 0.4) is 0 Å². The molecule has 0 radical (unpaired) electrons. The predicted molar refractivity (Wildman–Crippen MR) is 145 cm³/mol. The molecule has 0 spiro atoms. The van der Waals surface area contributed by atoms with Crippen molar-refractivity contribution in [1.29, 1.82) is 0 Å². The molecule has 11 heteroatoms. The number of oxazole rings is 1. The molecule has 0 bridgehead atoms. The van der Waals surface area contributed by atoms with Gasteiger partial charge in [0.05, 0.1) is 31.2 Å². The maximum atomic E-state index is 11.6. The summed E-state index contributed by atoms with van der Waals surface area (Å²) >= 11 is 0. The van der Waals surface area contributed by atoms with E-state index in [1.165, 1.54) is 17.7 Å². The van der Waals surface area contributed by atoms with Crippen LogP contribution in [0, 0.1) is 0 Å². The Balaban J connectivity index is 0.00000134. The van der Waals surface area contributed by atoms with Crippen LogP contribution in [0.25, 0.3) is 23.7 Å². The minimum atomic E-state index is -0.258. The summed E-state index contributed by atoms with van der Waals surface area (Å²) in [5, 5.41) is 4.18. The van der Waals surface area contributed by atoms with Crippen LogP contribution in [-0.2, 0) is 32.7 Å². The second kappa shape index (κ2) is 16.1. The van der Waals surface area contributed by atoms with Gasteiger partial charge in [-0.3, -0.25) is 9.78 Å². The first kappa shape index (κ1) is 29.6. The first-order chi connectivity index (χ1) is 19.0. The zero-order valence-electron chi connectivity index (χ0n) is 22.4. The Kier molecular flexibility index (Phi) is 12.2. The smallest absolute Gasteiger partial charge is 0.266 e. The van der Waals surface area contributed by atoms with Gasteiger partial charge >= 0.3 is 0 Å². The molecule has 0 saturated heterocycles. The first-order valence-corrected chi connectivity index (χ1v) is 12.7. The molecule has 1 unspecified atom stereocenters. The lowest BCUT2D eigenvalue weighted by Crippen LogP contribution is -2.18. The van der Waals surface area contributed by atoms with Gasteiger partial charge in [-0.2, -0.15) is 5.10 Å². The van der Waals surface area contributed by atoms with Gasteiger partial charge in [-0.1, -0.05) is 0 Å². The molecule has 1 aliphatic carbocycles. The number of ether oxygens (including phenoxy) is 4. The lowest BCUT2D eigenvalue weighted by molar-refractivity contribution is -0.106. The number of nitrogens with zero attached hydrogens (tertiary/aromatic N) is 4. The fourth-order valence-corrected chi connectivity index (χ4v) is 3.34. The van der Waals surface area contributed by atoms with Crippen molar-refractivity contribution in [3.05, 3.63) is 70.1 Å². The van der Waals surface area contributed by atoms with Gasteiger partial charge < -0.3 is 28.2 Å². The average molecular weight is 539 g/mol. The van der Waals surface area contributed by atoms with E-state index in [-0.39, 0.29) is 11.7 Å². The SMILES string of the molecule is CC=O.CCOCCCOCCOc1ccc(COC2C=Cc3nc(-c4ccc(=O)n(C)n4)oc3C=C2)nc1. The summed E-state index contributed by atoms with van der Waals surface area (Å²) < 4.78 is 29.5. The third kappa shape index (κ3) is 9.71. The van der Waals surface area contributed by atoms with Crippen LogP contribution in [0.4, 0.5) is 0 Å². The molecule has 3 aromatic heterocycles. The van der Waals surface area contributed by atoms with E-state index in [1.807, 2.05) is 43.4 Å². The number of pyridine rings is 1. The Labute approximate surface area is 227 Å². The molecule has 0 fully saturated rings.